The van der Waals surface area contributed by atoms with Crippen molar-refractivity contribution in [2.24, 2.45) is 0 Å². The highest BCUT2D eigenvalue weighted by molar-refractivity contribution is 7.89. The summed E-state index contributed by atoms with van der Waals surface area (Å²) in [7, 11) is -1.76. The first-order chi connectivity index (χ1) is 19.9. The van der Waals surface area contributed by atoms with Crippen LogP contribution in [-0.2, 0) is 27.8 Å². The van der Waals surface area contributed by atoms with Crippen LogP contribution in [0.25, 0.3) is 0 Å². The number of nitrogens with one attached hydrogen (secondary N) is 2. The third kappa shape index (κ3) is 10.3. The van der Waals surface area contributed by atoms with Crippen molar-refractivity contribution >= 4 is 15.9 Å². The van der Waals surface area contributed by atoms with E-state index in [0.29, 0.717) is 22.3 Å². The lowest BCUT2D eigenvalue weighted by Gasteiger charge is -2.31. The quantitative estimate of drug-likeness (QED) is 0.411. The molecule has 3 N–H and O–H groups in total. The lowest BCUT2D eigenvalue weighted by Crippen LogP contribution is -2.55. The number of ether oxygens (including phenoxy) is 2. The minimum Gasteiger partial charge on any atom is -0.497 e. The number of sulfonamides is 1. The van der Waals surface area contributed by atoms with Crippen molar-refractivity contribution in [1.29, 1.82) is 0 Å². The molecule has 1 amide bonds. The Hall–Kier alpha value is -3.13. The number of carbonyl (C=O) groups is 1. The smallest absolute Gasteiger partial charge is 0.390 e. The molecule has 0 saturated heterocycles. The monoisotopic (exact) mass is 613 g/mol. The molecule has 0 bridgehead atoms. The number of allylic oxidation sites excluding steroid dienone is 1. The maximum absolute atomic E-state index is 13.5. The van der Waals surface area contributed by atoms with E-state index in [1.807, 2.05) is 36.4 Å². The van der Waals surface area contributed by atoms with Gasteiger partial charge in [-0.25, -0.2) is 8.42 Å². The zero-order chi connectivity index (χ0) is 30.8. The van der Waals surface area contributed by atoms with E-state index in [-0.39, 0.29) is 32.4 Å². The summed E-state index contributed by atoms with van der Waals surface area (Å²) in [5.74, 6) is -0.638. The van der Waals surface area contributed by atoms with Crippen molar-refractivity contribution < 1.29 is 41.0 Å². The first kappa shape index (κ1) is 33.4. The first-order valence-electron chi connectivity index (χ1n) is 13.6. The number of nitrogens with zero attached hydrogens (tertiary/aromatic N) is 1. The van der Waals surface area contributed by atoms with E-state index in [2.05, 4.69) is 10.6 Å². The van der Waals surface area contributed by atoms with E-state index in [9.17, 15) is 31.5 Å². The number of aliphatic hydroxyl groups is 1. The molecule has 0 spiro atoms. The molecule has 0 fully saturated rings. The van der Waals surface area contributed by atoms with Crippen LogP contribution in [0.4, 0.5) is 13.2 Å². The summed E-state index contributed by atoms with van der Waals surface area (Å²) >= 11 is 0. The molecule has 42 heavy (non-hydrogen) atoms. The minimum absolute atomic E-state index is 0.00424. The van der Waals surface area contributed by atoms with Gasteiger partial charge in [0.2, 0.25) is 15.9 Å². The van der Waals surface area contributed by atoms with E-state index < -0.39 is 52.5 Å². The number of β-amino-alcohol motifs (C(OH)–C–C–N with tert-alkyl or cyclic N) is 1. The van der Waals surface area contributed by atoms with Crippen molar-refractivity contribution in [3.63, 3.8) is 0 Å². The molecule has 9 nitrogen and oxygen atoms in total. The molecule has 3 rings (SSSR count). The van der Waals surface area contributed by atoms with Crippen LogP contribution in [-0.4, -0.2) is 81.2 Å². The van der Waals surface area contributed by atoms with Crippen LogP contribution >= 0.6 is 0 Å². The molecular weight excluding hydrogens is 575 g/mol. The van der Waals surface area contributed by atoms with Gasteiger partial charge in [-0.1, -0.05) is 42.5 Å². The van der Waals surface area contributed by atoms with Crippen LogP contribution in [0.15, 0.2) is 60.7 Å². The number of carbonyl (C=O) groups excluding carboxylic acids is 1. The van der Waals surface area contributed by atoms with Crippen LogP contribution in [0.5, 0.6) is 11.5 Å². The minimum atomic E-state index is -4.67. The summed E-state index contributed by atoms with van der Waals surface area (Å²) in [5.41, 5.74) is 1.63. The second kappa shape index (κ2) is 15.4. The summed E-state index contributed by atoms with van der Waals surface area (Å²) < 4.78 is 76.0. The first-order valence-corrected chi connectivity index (χ1v) is 15.2. The van der Waals surface area contributed by atoms with Crippen LogP contribution < -0.4 is 20.1 Å². The van der Waals surface area contributed by atoms with Crippen LogP contribution in [0.1, 0.15) is 30.4 Å². The van der Waals surface area contributed by atoms with Gasteiger partial charge in [-0.05, 0) is 43.0 Å². The van der Waals surface area contributed by atoms with Crippen LogP contribution in [0.2, 0.25) is 0 Å². The number of hydrogen-bond acceptors (Lipinski definition) is 7. The molecule has 1 aliphatic rings. The number of rotatable bonds is 7. The zero-order valence-electron chi connectivity index (χ0n) is 23.6. The molecule has 232 valence electrons. The summed E-state index contributed by atoms with van der Waals surface area (Å²) in [5, 5.41) is 17.1. The lowest BCUT2D eigenvalue weighted by molar-refractivity contribution is -0.130. The fourth-order valence-electron chi connectivity index (χ4n) is 4.53. The Balaban J connectivity index is 1.90. The third-order valence-corrected chi connectivity index (χ3v) is 8.81. The maximum Gasteiger partial charge on any atom is 0.390 e. The topological polar surface area (TPSA) is 117 Å². The molecule has 3 atom stereocenters. The van der Waals surface area contributed by atoms with Gasteiger partial charge in [0.05, 0.1) is 31.4 Å². The number of aliphatic hydroxyl groups excluding tert-OH is 1. The van der Waals surface area contributed by atoms with Gasteiger partial charge in [-0.3, -0.25) is 4.79 Å². The van der Waals surface area contributed by atoms with Gasteiger partial charge >= 0.3 is 6.18 Å². The van der Waals surface area contributed by atoms with Crippen molar-refractivity contribution in [3.05, 3.63) is 71.8 Å². The maximum atomic E-state index is 13.5. The molecule has 0 radical (unpaired) electrons. The summed E-state index contributed by atoms with van der Waals surface area (Å²) in [4.78, 5) is 13.5. The van der Waals surface area contributed by atoms with E-state index in [4.69, 9.17) is 9.47 Å². The molecule has 0 unspecified atom stereocenters. The number of halogens is 3. The summed E-state index contributed by atoms with van der Waals surface area (Å²) in [6.45, 7) is 0.582. The lowest BCUT2D eigenvalue weighted by atomic mass is 10.00. The average Bonchev–Trinajstić information content (AvgIpc) is 2.95. The zero-order valence-corrected chi connectivity index (χ0v) is 24.5. The van der Waals surface area contributed by atoms with Gasteiger partial charge < -0.3 is 25.2 Å². The van der Waals surface area contributed by atoms with E-state index >= 15 is 0 Å². The van der Waals surface area contributed by atoms with Gasteiger partial charge in [0, 0.05) is 25.7 Å². The number of fused-ring (bicyclic) bond motifs is 1. The van der Waals surface area contributed by atoms with E-state index in [0.717, 1.165) is 18.2 Å². The molecule has 0 aliphatic carbocycles. The summed E-state index contributed by atoms with van der Waals surface area (Å²) in [6, 6.07) is 12.4. The fraction of sp³-hybridized carbons (Fsp3) is 0.483. The van der Waals surface area contributed by atoms with Crippen molar-refractivity contribution in [2.75, 3.05) is 33.1 Å². The molecule has 1 aliphatic heterocycles. The van der Waals surface area contributed by atoms with Crippen molar-refractivity contribution in [2.45, 2.75) is 56.6 Å². The average molecular weight is 614 g/mol. The van der Waals surface area contributed by atoms with Gasteiger partial charge in [0.15, 0.2) is 0 Å². The van der Waals surface area contributed by atoms with Crippen molar-refractivity contribution in [3.8, 4) is 11.5 Å². The Morgan fingerprint density at radius 1 is 1.14 bits per heavy atom. The Kier molecular flexibility index (Phi) is 12.2. The number of benzene rings is 2. The number of alkyl halides is 3. The Morgan fingerprint density at radius 2 is 1.88 bits per heavy atom. The van der Waals surface area contributed by atoms with Gasteiger partial charge in [-0.15, -0.1) is 0 Å². The third-order valence-electron chi connectivity index (χ3n) is 6.96. The highest BCUT2D eigenvalue weighted by Crippen LogP contribution is 2.25. The summed E-state index contributed by atoms with van der Waals surface area (Å²) in [6.07, 6.45) is -3.35. The Labute approximate surface area is 244 Å². The highest BCUT2D eigenvalue weighted by atomic mass is 32.2. The molecule has 0 aromatic heterocycles. The predicted octanol–water partition coefficient (Wildman–Crippen LogP) is 3.18. The van der Waals surface area contributed by atoms with Crippen LogP contribution in [0.3, 0.4) is 0 Å². The number of methoxy groups -OCH3 is 1. The second-order valence-electron chi connectivity index (χ2n) is 10.0. The molecule has 2 aromatic rings. The van der Waals surface area contributed by atoms with Crippen LogP contribution in [0, 0.1) is 0 Å². The SMILES string of the molecule is COc1ccc2c(c1)CNC[C@@H](O)[C@H](Cc1ccccc1)NC(=O)[C@@H](N(C)S(=O)(=O)CCC(F)(F)F)CC/C=C\CO2. The molecule has 1 heterocycles. The molecule has 0 saturated carbocycles. The fourth-order valence-corrected chi connectivity index (χ4v) is 5.89. The number of likely N-dealkylation sites (N-methyl/N-ethyl adjacent to an activating group) is 1. The number of amides is 1. The molecule has 13 heteroatoms. The van der Waals surface area contributed by atoms with E-state index in [1.165, 1.54) is 0 Å². The Bertz CT molecular complexity index is 1290. The van der Waals surface area contributed by atoms with Gasteiger partial charge in [-0.2, -0.15) is 17.5 Å². The highest BCUT2D eigenvalue weighted by Gasteiger charge is 2.36. The standard InChI is InChI=1S/C29H38F3N3O6S/c1-35(42(38,39)16-14-29(30,31)32)25-11-7-4-8-15-41-27-13-12-23(40-2)18-22(27)19-33-20-26(36)24(34-28(25)37)17-21-9-5-3-6-10-21/h3-6,8-10,12-13,18,24-26,33,36H,7,11,14-17,19-20H2,1-2H3,(H,34,37)/b8-4-/t24-,25-,26+/m0/s1. The van der Waals surface area contributed by atoms with E-state index in [1.54, 1.807) is 31.4 Å². The van der Waals surface area contributed by atoms with Crippen molar-refractivity contribution in [1.82, 2.24) is 14.9 Å². The Morgan fingerprint density at radius 3 is 2.57 bits per heavy atom. The molecule has 2 aromatic carbocycles. The molecular formula is C29H38F3N3O6S. The second-order valence-corrected chi connectivity index (χ2v) is 12.2. The van der Waals surface area contributed by atoms with Gasteiger partial charge in [0.25, 0.3) is 0 Å². The van der Waals surface area contributed by atoms with Gasteiger partial charge in [0.1, 0.15) is 24.1 Å². The predicted molar refractivity (Wildman–Crippen MR) is 153 cm³/mol. The number of hydrogen-bond donors (Lipinski definition) is 3. The largest absolute Gasteiger partial charge is 0.497 e. The normalized spacial score (nSPS) is 22.1.